The number of thiocarbonyl (C=S) groups is 1. The van der Waals surface area contributed by atoms with Crippen molar-refractivity contribution < 1.29 is 8.42 Å². The van der Waals surface area contributed by atoms with Crippen LogP contribution in [0.3, 0.4) is 0 Å². The lowest BCUT2D eigenvalue weighted by molar-refractivity contribution is 0.294. The monoisotopic (exact) mass is 385 g/mol. The van der Waals surface area contributed by atoms with Gasteiger partial charge in [0.15, 0.2) is 14.9 Å². The molecular weight excluding hydrogens is 362 g/mol. The van der Waals surface area contributed by atoms with E-state index in [1.165, 1.54) is 23.1 Å². The van der Waals surface area contributed by atoms with Gasteiger partial charge in [-0.3, -0.25) is 0 Å². The number of rotatable bonds is 3. The molecule has 5 nitrogen and oxygen atoms in total. The van der Waals surface area contributed by atoms with Gasteiger partial charge in [0, 0.05) is 19.1 Å². The van der Waals surface area contributed by atoms with Crippen LogP contribution in [0.5, 0.6) is 0 Å². The Morgan fingerprint density at radius 3 is 2.25 bits per heavy atom. The van der Waals surface area contributed by atoms with Crippen LogP contribution in [0.15, 0.2) is 35.3 Å². The Balaban J connectivity index is 2.34. The number of aliphatic imine (C=N–C) groups is 1. The third kappa shape index (κ3) is 3.75. The van der Waals surface area contributed by atoms with Gasteiger partial charge in [0.2, 0.25) is 0 Å². The molecule has 0 aromatic heterocycles. The Bertz CT molecular complexity index is 722. The van der Waals surface area contributed by atoms with Gasteiger partial charge in [-0.25, -0.2) is 12.7 Å². The van der Waals surface area contributed by atoms with E-state index in [2.05, 4.69) is 4.99 Å². The van der Waals surface area contributed by atoms with Crippen LogP contribution >= 0.6 is 24.0 Å². The molecule has 2 rings (SSSR count). The lowest BCUT2D eigenvalue weighted by Crippen LogP contribution is -2.41. The fourth-order valence-electron chi connectivity index (χ4n) is 2.61. The highest BCUT2D eigenvalue weighted by molar-refractivity contribution is 8.25. The first kappa shape index (κ1) is 19.2. The first-order chi connectivity index (χ1) is 11.2. The van der Waals surface area contributed by atoms with E-state index in [9.17, 15) is 8.42 Å². The predicted octanol–water partition coefficient (Wildman–Crippen LogP) is 3.45. The normalized spacial score (nSPS) is 21.7. The molecule has 132 valence electrons. The summed E-state index contributed by atoms with van der Waals surface area (Å²) in [5, 5.41) is 0.832. The van der Waals surface area contributed by atoms with Crippen LogP contribution in [-0.4, -0.2) is 47.0 Å². The molecule has 0 bridgehead atoms. The van der Waals surface area contributed by atoms with Crippen molar-refractivity contribution in [3.8, 4) is 0 Å². The second kappa shape index (κ2) is 7.41. The quantitative estimate of drug-likeness (QED) is 0.746. The lowest BCUT2D eigenvalue weighted by atomic mass is 10.2. The highest BCUT2D eigenvalue weighted by Crippen LogP contribution is 2.44. The lowest BCUT2D eigenvalue weighted by Gasteiger charge is -2.31. The van der Waals surface area contributed by atoms with E-state index >= 15 is 0 Å². The minimum absolute atomic E-state index is 0.195. The maximum absolute atomic E-state index is 12.7. The SMILES string of the molecule is CC(C)N(C(=S)N=C1SC(c2ccccc2)S(=O)(=O)N1C)C(C)C. The molecule has 0 saturated carbocycles. The van der Waals surface area contributed by atoms with E-state index in [0.717, 1.165) is 5.56 Å². The van der Waals surface area contributed by atoms with Gasteiger partial charge < -0.3 is 4.90 Å². The average Bonchev–Trinajstić information content (AvgIpc) is 2.71. The summed E-state index contributed by atoms with van der Waals surface area (Å²) >= 11 is 6.67. The van der Waals surface area contributed by atoms with E-state index in [0.29, 0.717) is 10.3 Å². The molecule has 1 aliphatic heterocycles. The van der Waals surface area contributed by atoms with Crippen LogP contribution in [-0.2, 0) is 10.0 Å². The highest BCUT2D eigenvalue weighted by atomic mass is 32.3. The molecule has 1 fully saturated rings. The van der Waals surface area contributed by atoms with Gasteiger partial charge in [0.25, 0.3) is 10.0 Å². The molecule has 1 saturated heterocycles. The Morgan fingerprint density at radius 2 is 1.75 bits per heavy atom. The number of nitrogens with zero attached hydrogens (tertiary/aromatic N) is 3. The molecule has 8 heteroatoms. The van der Waals surface area contributed by atoms with E-state index in [1.807, 2.05) is 62.9 Å². The highest BCUT2D eigenvalue weighted by Gasteiger charge is 2.43. The number of hydrogen-bond acceptors (Lipinski definition) is 4. The van der Waals surface area contributed by atoms with Gasteiger partial charge in [-0.1, -0.05) is 42.1 Å². The van der Waals surface area contributed by atoms with Crippen LogP contribution in [0.4, 0.5) is 0 Å². The summed E-state index contributed by atoms with van der Waals surface area (Å²) in [7, 11) is -1.96. The van der Waals surface area contributed by atoms with E-state index in [4.69, 9.17) is 12.2 Å². The van der Waals surface area contributed by atoms with Crippen LogP contribution in [0.1, 0.15) is 37.8 Å². The molecule has 1 aliphatic rings. The molecule has 24 heavy (non-hydrogen) atoms. The zero-order valence-corrected chi connectivity index (χ0v) is 17.0. The van der Waals surface area contributed by atoms with Crippen molar-refractivity contribution in [2.45, 2.75) is 44.4 Å². The smallest absolute Gasteiger partial charge is 0.253 e. The minimum atomic E-state index is -3.49. The number of hydrogen-bond donors (Lipinski definition) is 0. The Kier molecular flexibility index (Phi) is 5.93. The van der Waals surface area contributed by atoms with Gasteiger partial charge in [-0.2, -0.15) is 4.99 Å². The van der Waals surface area contributed by atoms with Crippen LogP contribution < -0.4 is 0 Å². The fourth-order valence-corrected chi connectivity index (χ4v) is 6.57. The summed E-state index contributed by atoms with van der Waals surface area (Å²) in [6.07, 6.45) is 0. The summed E-state index contributed by atoms with van der Waals surface area (Å²) in [6, 6.07) is 9.57. The number of thioether (sulfide) groups is 1. The van der Waals surface area contributed by atoms with E-state index in [-0.39, 0.29) is 12.1 Å². The molecule has 0 aliphatic carbocycles. The second-order valence-corrected chi connectivity index (χ2v) is 9.93. The molecular formula is C16H23N3O2S3. The first-order valence-electron chi connectivity index (χ1n) is 7.76. The van der Waals surface area contributed by atoms with Crippen molar-refractivity contribution in [1.82, 2.24) is 9.21 Å². The molecule has 1 aromatic carbocycles. The average molecular weight is 386 g/mol. The van der Waals surface area contributed by atoms with Crippen molar-refractivity contribution in [3.63, 3.8) is 0 Å². The Hall–Kier alpha value is -1.12. The maximum Gasteiger partial charge on any atom is 0.253 e. The number of benzene rings is 1. The third-order valence-corrected chi connectivity index (χ3v) is 7.98. The number of sulfonamides is 1. The second-order valence-electron chi connectivity index (χ2n) is 6.14. The van der Waals surface area contributed by atoms with Gasteiger partial charge in [0.05, 0.1) is 0 Å². The van der Waals surface area contributed by atoms with E-state index in [1.54, 1.807) is 0 Å². The predicted molar refractivity (Wildman–Crippen MR) is 106 cm³/mol. The zero-order valence-electron chi connectivity index (χ0n) is 14.5. The molecule has 0 N–H and O–H groups in total. The summed E-state index contributed by atoms with van der Waals surface area (Å²) in [5.74, 6) is 0. The first-order valence-corrected chi connectivity index (χ1v) is 10.6. The minimum Gasteiger partial charge on any atom is -0.343 e. The Labute approximate surface area is 154 Å². The Morgan fingerprint density at radius 1 is 1.21 bits per heavy atom. The van der Waals surface area contributed by atoms with E-state index < -0.39 is 14.6 Å². The molecule has 0 spiro atoms. The zero-order chi connectivity index (χ0) is 18.1. The molecule has 0 amide bonds. The summed E-state index contributed by atoms with van der Waals surface area (Å²) < 4.78 is 25.9. The largest absolute Gasteiger partial charge is 0.343 e. The van der Waals surface area contributed by atoms with Crippen molar-refractivity contribution in [1.29, 1.82) is 0 Å². The van der Waals surface area contributed by atoms with Gasteiger partial charge in [-0.15, -0.1) is 0 Å². The van der Waals surface area contributed by atoms with Gasteiger partial charge in [-0.05, 0) is 45.5 Å². The molecule has 1 heterocycles. The number of amidine groups is 1. The standard InChI is InChI=1S/C16H23N3O2S3/c1-11(2)19(12(3)4)15(22)17-16-18(5)24(20,21)14(23-16)13-9-7-6-8-10-13/h6-12,14H,1-5H3. The van der Waals surface area contributed by atoms with Crippen molar-refractivity contribution in [2.24, 2.45) is 4.99 Å². The molecule has 1 unspecified atom stereocenters. The van der Waals surface area contributed by atoms with Crippen LogP contribution in [0, 0.1) is 0 Å². The van der Waals surface area contributed by atoms with Crippen LogP contribution in [0.2, 0.25) is 0 Å². The molecule has 0 radical (unpaired) electrons. The van der Waals surface area contributed by atoms with Crippen molar-refractivity contribution >= 4 is 44.3 Å². The van der Waals surface area contributed by atoms with Gasteiger partial charge in [0.1, 0.15) is 0 Å². The third-order valence-electron chi connectivity index (χ3n) is 3.73. The summed E-state index contributed by atoms with van der Waals surface area (Å²) in [6.45, 7) is 8.17. The van der Waals surface area contributed by atoms with Crippen LogP contribution in [0.25, 0.3) is 0 Å². The summed E-state index contributed by atoms with van der Waals surface area (Å²) in [4.78, 5) is 6.45. The van der Waals surface area contributed by atoms with Crippen molar-refractivity contribution in [3.05, 3.63) is 35.9 Å². The van der Waals surface area contributed by atoms with Gasteiger partial charge >= 0.3 is 0 Å². The summed E-state index contributed by atoms with van der Waals surface area (Å²) in [5.41, 5.74) is 0.745. The topological polar surface area (TPSA) is 53.0 Å². The molecule has 1 aromatic rings. The van der Waals surface area contributed by atoms with Crippen molar-refractivity contribution in [2.75, 3.05) is 7.05 Å². The maximum atomic E-state index is 12.7. The molecule has 1 atom stereocenters. The fraction of sp³-hybridized carbons (Fsp3) is 0.500.